The molecule has 0 heterocycles. The maximum atomic E-state index is 12.0. The van der Waals surface area contributed by atoms with Gasteiger partial charge in [-0.2, -0.15) is 0 Å². The molecule has 86 valence electrons. The molecule has 2 N–H and O–H groups in total. The summed E-state index contributed by atoms with van der Waals surface area (Å²) >= 11 is 0. The van der Waals surface area contributed by atoms with Crippen molar-refractivity contribution in [2.45, 2.75) is 32.2 Å². The molecule has 1 amide bonds. The molecule has 0 radical (unpaired) electrons. The number of hydrogen-bond acceptors (Lipinski definition) is 2. The van der Waals surface area contributed by atoms with Crippen LogP contribution in [0.1, 0.15) is 34.3 Å². The predicted octanol–water partition coefficient (Wildman–Crippen LogP) is 1.56. The lowest BCUT2D eigenvalue weighted by atomic mass is 10.0. The van der Waals surface area contributed by atoms with Gasteiger partial charge in [0.25, 0.3) is 5.91 Å². The summed E-state index contributed by atoms with van der Waals surface area (Å²) in [6.45, 7) is 3.97. The lowest BCUT2D eigenvalue weighted by Crippen LogP contribution is -2.39. The van der Waals surface area contributed by atoms with E-state index in [9.17, 15) is 4.79 Å². The van der Waals surface area contributed by atoms with E-state index in [1.54, 1.807) is 0 Å². The van der Waals surface area contributed by atoms with E-state index < -0.39 is 0 Å². The Balaban J connectivity index is 2.15. The molecule has 1 aromatic carbocycles. The Morgan fingerprint density at radius 2 is 2.12 bits per heavy atom. The van der Waals surface area contributed by atoms with E-state index in [-0.39, 0.29) is 18.1 Å². The smallest absolute Gasteiger partial charge is 0.252 e. The molecule has 16 heavy (non-hydrogen) atoms. The van der Waals surface area contributed by atoms with E-state index in [0.717, 1.165) is 24.0 Å². The number of carbonyl (C=O) groups excluding carboxylic acids is 1. The Bertz CT molecular complexity index is 422. The van der Waals surface area contributed by atoms with Crippen molar-refractivity contribution in [1.29, 1.82) is 0 Å². The van der Waals surface area contributed by atoms with Crippen molar-refractivity contribution >= 4 is 5.91 Å². The number of benzene rings is 1. The molecule has 3 nitrogen and oxygen atoms in total. The molecule has 0 unspecified atom stereocenters. The molecule has 3 heteroatoms. The minimum absolute atomic E-state index is 0.0314. The van der Waals surface area contributed by atoms with Crippen molar-refractivity contribution in [2.75, 3.05) is 6.61 Å². The summed E-state index contributed by atoms with van der Waals surface area (Å²) in [6.07, 6.45) is 1.75. The minimum atomic E-state index is -0.339. The Hall–Kier alpha value is -1.35. The summed E-state index contributed by atoms with van der Waals surface area (Å²) in [5, 5.41) is 12.1. The van der Waals surface area contributed by atoms with Crippen LogP contribution in [0.25, 0.3) is 0 Å². The molecule has 0 aliphatic heterocycles. The number of aryl methyl sites for hydroxylation is 2. The number of rotatable bonds is 3. The highest BCUT2D eigenvalue weighted by atomic mass is 16.3. The van der Waals surface area contributed by atoms with Gasteiger partial charge < -0.3 is 10.4 Å². The predicted molar refractivity (Wildman–Crippen MR) is 62.4 cm³/mol. The molecule has 1 aliphatic carbocycles. The zero-order chi connectivity index (χ0) is 11.8. The van der Waals surface area contributed by atoms with Gasteiger partial charge in [-0.1, -0.05) is 17.7 Å². The van der Waals surface area contributed by atoms with Gasteiger partial charge in [0, 0.05) is 5.56 Å². The third kappa shape index (κ3) is 2.09. The van der Waals surface area contributed by atoms with E-state index in [1.165, 1.54) is 0 Å². The van der Waals surface area contributed by atoms with Gasteiger partial charge in [0.2, 0.25) is 0 Å². The SMILES string of the molecule is Cc1ccc(C(=O)NC2(CO)CC2)c(C)c1. The summed E-state index contributed by atoms with van der Waals surface area (Å²) in [5.41, 5.74) is 2.49. The van der Waals surface area contributed by atoms with Gasteiger partial charge >= 0.3 is 0 Å². The second kappa shape index (κ2) is 3.91. The van der Waals surface area contributed by atoms with Crippen LogP contribution < -0.4 is 5.32 Å². The van der Waals surface area contributed by atoms with E-state index in [4.69, 9.17) is 5.11 Å². The fourth-order valence-electron chi connectivity index (χ4n) is 1.85. The Labute approximate surface area is 95.5 Å². The van der Waals surface area contributed by atoms with Crippen molar-refractivity contribution in [2.24, 2.45) is 0 Å². The van der Waals surface area contributed by atoms with Crippen LogP contribution in [-0.4, -0.2) is 23.2 Å². The van der Waals surface area contributed by atoms with Crippen LogP contribution in [0.4, 0.5) is 0 Å². The first-order valence-electron chi connectivity index (χ1n) is 5.57. The number of hydrogen-bond donors (Lipinski definition) is 2. The average molecular weight is 219 g/mol. The average Bonchev–Trinajstić information content (AvgIpc) is 2.98. The normalized spacial score (nSPS) is 16.9. The van der Waals surface area contributed by atoms with Crippen LogP contribution in [-0.2, 0) is 0 Å². The van der Waals surface area contributed by atoms with Crippen molar-refractivity contribution in [3.05, 3.63) is 34.9 Å². The molecule has 2 rings (SSSR count). The lowest BCUT2D eigenvalue weighted by molar-refractivity contribution is 0.0906. The molecular weight excluding hydrogens is 202 g/mol. The fraction of sp³-hybridized carbons (Fsp3) is 0.462. The molecular formula is C13H17NO2. The van der Waals surface area contributed by atoms with Gasteiger partial charge in [-0.15, -0.1) is 0 Å². The van der Waals surface area contributed by atoms with E-state index >= 15 is 0 Å². The number of amides is 1. The number of aliphatic hydroxyl groups is 1. The largest absolute Gasteiger partial charge is 0.394 e. The zero-order valence-corrected chi connectivity index (χ0v) is 9.71. The molecule has 0 atom stereocenters. The zero-order valence-electron chi connectivity index (χ0n) is 9.71. The lowest BCUT2D eigenvalue weighted by Gasteiger charge is -2.15. The van der Waals surface area contributed by atoms with Gasteiger partial charge in [0.05, 0.1) is 12.1 Å². The van der Waals surface area contributed by atoms with E-state index in [0.29, 0.717) is 5.56 Å². The Morgan fingerprint density at radius 3 is 2.62 bits per heavy atom. The maximum absolute atomic E-state index is 12.0. The van der Waals surface area contributed by atoms with Crippen LogP contribution in [0.15, 0.2) is 18.2 Å². The molecule has 0 bridgehead atoms. The molecule has 1 fully saturated rings. The first-order valence-corrected chi connectivity index (χ1v) is 5.57. The summed E-state index contributed by atoms with van der Waals surface area (Å²) in [4.78, 5) is 12.0. The second-order valence-electron chi connectivity index (χ2n) is 4.71. The Kier molecular flexibility index (Phi) is 2.72. The van der Waals surface area contributed by atoms with Crippen molar-refractivity contribution in [1.82, 2.24) is 5.32 Å². The molecule has 0 aromatic heterocycles. The van der Waals surface area contributed by atoms with E-state index in [2.05, 4.69) is 5.32 Å². The molecule has 0 spiro atoms. The second-order valence-corrected chi connectivity index (χ2v) is 4.71. The summed E-state index contributed by atoms with van der Waals surface area (Å²) in [7, 11) is 0. The van der Waals surface area contributed by atoms with Crippen molar-refractivity contribution in [3.63, 3.8) is 0 Å². The van der Waals surface area contributed by atoms with E-state index in [1.807, 2.05) is 32.0 Å². The summed E-state index contributed by atoms with van der Waals surface area (Å²) < 4.78 is 0. The highest BCUT2D eigenvalue weighted by Gasteiger charge is 2.43. The third-order valence-corrected chi connectivity index (χ3v) is 3.16. The van der Waals surface area contributed by atoms with Gasteiger partial charge in [-0.3, -0.25) is 4.79 Å². The highest BCUT2D eigenvalue weighted by molar-refractivity contribution is 5.96. The van der Waals surface area contributed by atoms with Crippen molar-refractivity contribution < 1.29 is 9.90 Å². The molecule has 1 saturated carbocycles. The standard InChI is InChI=1S/C13H17NO2/c1-9-3-4-11(10(2)7-9)12(16)14-13(8-15)5-6-13/h3-4,7,15H,5-6,8H2,1-2H3,(H,14,16). The first kappa shape index (κ1) is 11.1. The number of carbonyl (C=O) groups is 1. The van der Waals surface area contributed by atoms with Crippen LogP contribution in [0.2, 0.25) is 0 Å². The van der Waals surface area contributed by atoms with Gasteiger partial charge in [0.15, 0.2) is 0 Å². The first-order chi connectivity index (χ1) is 7.56. The summed E-state index contributed by atoms with van der Waals surface area (Å²) in [6, 6.07) is 5.77. The Morgan fingerprint density at radius 1 is 1.44 bits per heavy atom. The maximum Gasteiger partial charge on any atom is 0.252 e. The topological polar surface area (TPSA) is 49.3 Å². The van der Waals surface area contributed by atoms with Crippen LogP contribution in [0.3, 0.4) is 0 Å². The molecule has 1 aromatic rings. The molecule has 1 aliphatic rings. The quantitative estimate of drug-likeness (QED) is 0.810. The number of aliphatic hydroxyl groups excluding tert-OH is 1. The number of nitrogens with one attached hydrogen (secondary N) is 1. The van der Waals surface area contributed by atoms with Crippen LogP contribution in [0, 0.1) is 13.8 Å². The fourth-order valence-corrected chi connectivity index (χ4v) is 1.85. The third-order valence-electron chi connectivity index (χ3n) is 3.16. The summed E-state index contributed by atoms with van der Waals surface area (Å²) in [5.74, 6) is -0.0796. The van der Waals surface area contributed by atoms with Crippen LogP contribution >= 0.6 is 0 Å². The van der Waals surface area contributed by atoms with Crippen LogP contribution in [0.5, 0.6) is 0 Å². The monoisotopic (exact) mass is 219 g/mol. The van der Waals surface area contributed by atoms with Gasteiger partial charge in [-0.25, -0.2) is 0 Å². The highest BCUT2D eigenvalue weighted by Crippen LogP contribution is 2.34. The van der Waals surface area contributed by atoms with Crippen molar-refractivity contribution in [3.8, 4) is 0 Å². The van der Waals surface area contributed by atoms with Gasteiger partial charge in [0.1, 0.15) is 0 Å². The van der Waals surface area contributed by atoms with Gasteiger partial charge in [-0.05, 0) is 38.3 Å². The molecule has 0 saturated heterocycles. The minimum Gasteiger partial charge on any atom is -0.394 e.